The van der Waals surface area contributed by atoms with Crippen molar-refractivity contribution in [2.75, 3.05) is 26.2 Å². The van der Waals surface area contributed by atoms with Crippen LogP contribution in [0.3, 0.4) is 0 Å². The number of aromatic nitrogens is 1. The molecule has 0 aromatic carbocycles. The third-order valence-electron chi connectivity index (χ3n) is 2.88. The third-order valence-corrected chi connectivity index (χ3v) is 2.88. The van der Waals surface area contributed by atoms with Crippen LogP contribution in [0.5, 0.6) is 0 Å². The van der Waals surface area contributed by atoms with Crippen molar-refractivity contribution in [3.8, 4) is 0 Å². The number of nitrogens with zero attached hydrogens (tertiary/aromatic N) is 1. The van der Waals surface area contributed by atoms with Crippen molar-refractivity contribution in [2.24, 2.45) is 0 Å². The Balaban J connectivity index is 1.85. The largest absolute Gasteiger partial charge is 0.390 e. The number of rotatable bonds is 3. The van der Waals surface area contributed by atoms with Crippen molar-refractivity contribution in [1.82, 2.24) is 15.4 Å². The number of hydrogen-bond acceptors (Lipinski definition) is 5. The summed E-state index contributed by atoms with van der Waals surface area (Å²) in [5, 5.41) is 14.8. The van der Waals surface area contributed by atoms with Crippen LogP contribution in [0.4, 0.5) is 0 Å². The van der Waals surface area contributed by atoms with Crippen LogP contribution in [0, 0.1) is 0 Å². The molecule has 1 fully saturated rings. The monoisotopic (exact) mass is 255 g/mol. The zero-order valence-electron chi connectivity index (χ0n) is 10.0. The summed E-state index contributed by atoms with van der Waals surface area (Å²) in [6.45, 7) is 2.13. The van der Waals surface area contributed by atoms with E-state index < -0.39 is 6.10 Å². The van der Waals surface area contributed by atoms with Gasteiger partial charge in [-0.1, -0.05) is 0 Å². The van der Waals surface area contributed by atoms with Gasteiger partial charge in [0.2, 0.25) is 5.91 Å². The maximum absolute atomic E-state index is 11.9. The van der Waals surface area contributed by atoms with Crippen molar-refractivity contribution in [3.63, 3.8) is 0 Å². The normalized spacial score (nSPS) is 20.7. The second kappa shape index (κ2) is 5.83. The van der Waals surface area contributed by atoms with Crippen LogP contribution in [-0.4, -0.2) is 53.4 Å². The molecule has 2 rings (SSSR count). The second-order valence-electron chi connectivity index (χ2n) is 4.38. The van der Waals surface area contributed by atoms with Crippen LogP contribution in [0.15, 0.2) is 15.4 Å². The van der Waals surface area contributed by atoms with Crippen LogP contribution in [0.1, 0.15) is 12.2 Å². The minimum atomic E-state index is -0.526. The van der Waals surface area contributed by atoms with Gasteiger partial charge in [-0.05, 0) is 0 Å². The Morgan fingerprint density at radius 3 is 3.17 bits per heavy atom. The zero-order chi connectivity index (χ0) is 13.0. The maximum atomic E-state index is 11.9. The fraction of sp³-hybridized carbons (Fsp3) is 0.636. The third kappa shape index (κ3) is 3.44. The van der Waals surface area contributed by atoms with Gasteiger partial charge in [-0.25, -0.2) is 0 Å². The van der Waals surface area contributed by atoms with Gasteiger partial charge in [0.05, 0.1) is 6.10 Å². The highest BCUT2D eigenvalue weighted by molar-refractivity contribution is 5.76. The zero-order valence-corrected chi connectivity index (χ0v) is 10.0. The highest BCUT2D eigenvalue weighted by Crippen LogP contribution is 2.04. The standard InChI is InChI=1S/C11H17N3O4/c15-8-6-12-3-4-14(7-8)11(17)2-1-9-5-10(16)13-18-9/h5,8,12,15H,1-4,6-7H2,(H,13,16)/t8-/m0/s1. The molecule has 0 saturated carbocycles. The first kappa shape index (κ1) is 12.8. The average molecular weight is 255 g/mol. The molecule has 1 aliphatic rings. The first-order valence-electron chi connectivity index (χ1n) is 5.99. The van der Waals surface area contributed by atoms with Crippen LogP contribution in [0.2, 0.25) is 0 Å². The van der Waals surface area contributed by atoms with E-state index >= 15 is 0 Å². The van der Waals surface area contributed by atoms with Gasteiger partial charge < -0.3 is 19.8 Å². The lowest BCUT2D eigenvalue weighted by Crippen LogP contribution is -2.37. The molecule has 0 bridgehead atoms. The Morgan fingerprint density at radius 2 is 2.44 bits per heavy atom. The summed E-state index contributed by atoms with van der Waals surface area (Å²) in [5.41, 5.74) is -0.299. The number of aryl methyl sites for hydroxylation is 1. The molecular formula is C11H17N3O4. The topological polar surface area (TPSA) is 98.6 Å². The average Bonchev–Trinajstić information content (AvgIpc) is 2.63. The number of carbonyl (C=O) groups excluding carboxylic acids is 1. The number of aromatic amines is 1. The van der Waals surface area contributed by atoms with Gasteiger partial charge >= 0.3 is 0 Å². The molecular weight excluding hydrogens is 238 g/mol. The predicted octanol–water partition coefficient (Wildman–Crippen LogP) is -1.31. The molecule has 100 valence electrons. The van der Waals surface area contributed by atoms with Gasteiger partial charge in [0, 0.05) is 45.1 Å². The molecule has 18 heavy (non-hydrogen) atoms. The summed E-state index contributed by atoms with van der Waals surface area (Å²) < 4.78 is 4.88. The molecule has 1 aliphatic heterocycles. The van der Waals surface area contributed by atoms with E-state index in [1.54, 1.807) is 4.90 Å². The highest BCUT2D eigenvalue weighted by atomic mass is 16.5. The lowest BCUT2D eigenvalue weighted by atomic mass is 10.2. The molecule has 3 N–H and O–H groups in total. The molecule has 1 atom stereocenters. The fourth-order valence-electron chi connectivity index (χ4n) is 1.95. The van der Waals surface area contributed by atoms with Gasteiger partial charge in [-0.2, -0.15) is 5.16 Å². The number of aliphatic hydroxyl groups excluding tert-OH is 1. The van der Waals surface area contributed by atoms with Gasteiger partial charge in [0.15, 0.2) is 0 Å². The van der Waals surface area contributed by atoms with Crippen LogP contribution in [-0.2, 0) is 11.2 Å². The first-order valence-corrected chi connectivity index (χ1v) is 5.99. The summed E-state index contributed by atoms with van der Waals surface area (Å²) in [5.74, 6) is 0.434. The molecule has 0 aliphatic carbocycles. The number of hydrogen-bond donors (Lipinski definition) is 3. The number of amides is 1. The second-order valence-corrected chi connectivity index (χ2v) is 4.38. The molecule has 0 spiro atoms. The molecule has 7 nitrogen and oxygen atoms in total. The number of β-amino-alcohol motifs (C(OH)–C–C–N with tert-alkyl or cyclic N) is 1. The highest BCUT2D eigenvalue weighted by Gasteiger charge is 2.20. The van der Waals surface area contributed by atoms with E-state index in [0.29, 0.717) is 38.4 Å². The number of nitrogens with one attached hydrogen (secondary N) is 2. The lowest BCUT2D eigenvalue weighted by molar-refractivity contribution is -0.132. The van der Waals surface area contributed by atoms with Gasteiger partial charge in [-0.3, -0.25) is 9.59 Å². The molecule has 1 aromatic heterocycles. The Bertz CT molecular complexity index is 453. The SMILES string of the molecule is O=C(CCc1cc(=O)[nH]o1)N1CCNC[C@H](O)C1. The van der Waals surface area contributed by atoms with E-state index in [9.17, 15) is 14.7 Å². The van der Waals surface area contributed by atoms with Gasteiger partial charge in [-0.15, -0.1) is 0 Å². The maximum Gasteiger partial charge on any atom is 0.280 e. The minimum Gasteiger partial charge on any atom is -0.390 e. The Labute approximate surface area is 104 Å². The van der Waals surface area contributed by atoms with Crippen LogP contribution in [0.25, 0.3) is 0 Å². The van der Waals surface area contributed by atoms with E-state index in [-0.39, 0.29) is 17.9 Å². The summed E-state index contributed by atoms with van der Waals surface area (Å²) in [6.07, 6.45) is 0.132. The smallest absolute Gasteiger partial charge is 0.280 e. The Morgan fingerprint density at radius 1 is 1.61 bits per heavy atom. The summed E-state index contributed by atoms with van der Waals surface area (Å²) in [4.78, 5) is 24.4. The van der Waals surface area contributed by atoms with Crippen LogP contribution < -0.4 is 10.9 Å². The molecule has 1 aromatic rings. The number of carbonyl (C=O) groups is 1. The van der Waals surface area contributed by atoms with E-state index in [4.69, 9.17) is 4.52 Å². The first-order chi connectivity index (χ1) is 8.65. The van der Waals surface area contributed by atoms with Crippen molar-refractivity contribution >= 4 is 5.91 Å². The molecule has 1 amide bonds. The summed E-state index contributed by atoms with van der Waals surface area (Å²) in [7, 11) is 0. The van der Waals surface area contributed by atoms with E-state index in [1.807, 2.05) is 0 Å². The van der Waals surface area contributed by atoms with E-state index in [1.165, 1.54) is 6.07 Å². The van der Waals surface area contributed by atoms with Gasteiger partial charge in [0.25, 0.3) is 5.56 Å². The van der Waals surface area contributed by atoms with Crippen LogP contribution >= 0.6 is 0 Å². The molecule has 0 unspecified atom stereocenters. The van der Waals surface area contributed by atoms with Crippen molar-refractivity contribution < 1.29 is 14.4 Å². The summed E-state index contributed by atoms with van der Waals surface area (Å²) in [6, 6.07) is 1.34. The minimum absolute atomic E-state index is 0.0402. The predicted molar refractivity (Wildman–Crippen MR) is 63.1 cm³/mol. The van der Waals surface area contributed by atoms with Crippen molar-refractivity contribution in [2.45, 2.75) is 18.9 Å². The number of H-pyrrole nitrogens is 1. The quantitative estimate of drug-likeness (QED) is 0.623. The molecule has 0 radical (unpaired) electrons. The Kier molecular flexibility index (Phi) is 4.16. The molecule has 1 saturated heterocycles. The molecule has 7 heteroatoms. The number of aliphatic hydroxyl groups is 1. The van der Waals surface area contributed by atoms with Crippen molar-refractivity contribution in [3.05, 3.63) is 22.2 Å². The van der Waals surface area contributed by atoms with E-state index in [2.05, 4.69) is 10.5 Å². The van der Waals surface area contributed by atoms with E-state index in [0.717, 1.165) is 0 Å². The summed E-state index contributed by atoms with van der Waals surface area (Å²) >= 11 is 0. The van der Waals surface area contributed by atoms with Crippen molar-refractivity contribution in [1.29, 1.82) is 0 Å². The molecule has 2 heterocycles. The van der Waals surface area contributed by atoms with Gasteiger partial charge in [0.1, 0.15) is 5.76 Å². The fourth-order valence-corrected chi connectivity index (χ4v) is 1.95. The Hall–Kier alpha value is -1.60. The lowest BCUT2D eigenvalue weighted by Gasteiger charge is -2.21.